The summed E-state index contributed by atoms with van der Waals surface area (Å²) >= 11 is 0. The minimum absolute atomic E-state index is 0.217. The summed E-state index contributed by atoms with van der Waals surface area (Å²) in [6, 6.07) is 9.88. The van der Waals surface area contributed by atoms with Gasteiger partial charge in [0, 0.05) is 6.42 Å². The summed E-state index contributed by atoms with van der Waals surface area (Å²) in [6.45, 7) is 2.34. The molecule has 5 heteroatoms. The van der Waals surface area contributed by atoms with Crippen LogP contribution in [0, 0.1) is 0 Å². The van der Waals surface area contributed by atoms with E-state index >= 15 is 0 Å². The van der Waals surface area contributed by atoms with E-state index < -0.39 is 6.16 Å². The van der Waals surface area contributed by atoms with Gasteiger partial charge in [-0.3, -0.25) is 0 Å². The van der Waals surface area contributed by atoms with Crippen molar-refractivity contribution in [2.45, 2.75) is 44.6 Å². The first kappa shape index (κ1) is 12.4. The van der Waals surface area contributed by atoms with Gasteiger partial charge in [-0.15, -0.1) is 0 Å². The molecular weight excluding hydrogens is 248 g/mol. The molecule has 5 nitrogen and oxygen atoms in total. The Hall–Kier alpha value is -1.59. The van der Waals surface area contributed by atoms with E-state index in [4.69, 9.17) is 18.9 Å². The number of benzene rings is 1. The van der Waals surface area contributed by atoms with Gasteiger partial charge in [0.25, 0.3) is 0 Å². The van der Waals surface area contributed by atoms with E-state index in [-0.39, 0.29) is 24.6 Å². The minimum atomic E-state index is -0.617. The maximum absolute atomic E-state index is 11.1. The zero-order chi connectivity index (χ0) is 13.2. The van der Waals surface area contributed by atoms with Crippen LogP contribution in [0.4, 0.5) is 4.79 Å². The van der Waals surface area contributed by atoms with E-state index in [2.05, 4.69) is 0 Å². The van der Waals surface area contributed by atoms with Gasteiger partial charge >= 0.3 is 6.16 Å². The molecular formula is C14H16O5. The van der Waals surface area contributed by atoms with Crippen LogP contribution < -0.4 is 0 Å². The molecule has 2 aliphatic heterocycles. The van der Waals surface area contributed by atoms with Crippen molar-refractivity contribution in [3.05, 3.63) is 35.9 Å². The summed E-state index contributed by atoms with van der Waals surface area (Å²) in [5.41, 5.74) is 1.08. The predicted molar refractivity (Wildman–Crippen MR) is 65.3 cm³/mol. The smallest absolute Gasteiger partial charge is 0.427 e. The van der Waals surface area contributed by atoms with Crippen molar-refractivity contribution >= 4 is 6.16 Å². The molecule has 0 spiro atoms. The maximum atomic E-state index is 11.1. The van der Waals surface area contributed by atoms with E-state index in [0.29, 0.717) is 13.0 Å². The lowest BCUT2D eigenvalue weighted by Gasteiger charge is -2.33. The van der Waals surface area contributed by atoms with Gasteiger partial charge in [-0.2, -0.15) is 0 Å². The molecule has 0 saturated carbocycles. The molecule has 2 fully saturated rings. The summed E-state index contributed by atoms with van der Waals surface area (Å²) in [5.74, 6) is 0. The molecule has 1 aromatic rings. The molecule has 2 aliphatic rings. The second-order valence-corrected chi connectivity index (χ2v) is 4.79. The Kier molecular flexibility index (Phi) is 3.40. The number of carbonyl (C=O) groups excluding carboxylic acids is 1. The van der Waals surface area contributed by atoms with Crippen molar-refractivity contribution in [3.8, 4) is 0 Å². The molecule has 3 rings (SSSR count). The highest BCUT2D eigenvalue weighted by atomic mass is 16.8. The van der Waals surface area contributed by atoms with E-state index in [1.54, 1.807) is 0 Å². The Morgan fingerprint density at radius 2 is 2.05 bits per heavy atom. The van der Waals surface area contributed by atoms with Crippen LogP contribution in [-0.2, 0) is 25.6 Å². The summed E-state index contributed by atoms with van der Waals surface area (Å²) in [5, 5.41) is 0. The summed E-state index contributed by atoms with van der Waals surface area (Å²) in [4.78, 5) is 11.1. The molecule has 2 heterocycles. The first-order chi connectivity index (χ1) is 9.22. The number of hydrogen-bond donors (Lipinski definition) is 0. The molecule has 4 atom stereocenters. The topological polar surface area (TPSA) is 54.0 Å². The second-order valence-electron chi connectivity index (χ2n) is 4.79. The standard InChI is InChI=1S/C14H16O5/c1-9-13-11(18-14(15)19-13)7-12(17-9)16-8-10-5-3-2-4-6-10/h2-6,9,11-13H,7-8H2,1H3/t9-,11+,12+,13-/m1/s1. The van der Waals surface area contributed by atoms with Gasteiger partial charge < -0.3 is 18.9 Å². The van der Waals surface area contributed by atoms with Gasteiger partial charge in [-0.1, -0.05) is 30.3 Å². The van der Waals surface area contributed by atoms with Gasteiger partial charge in [-0.25, -0.2) is 4.79 Å². The van der Waals surface area contributed by atoms with E-state index in [1.165, 1.54) is 0 Å². The monoisotopic (exact) mass is 264 g/mol. The SMILES string of the molecule is C[C@H]1O[C@H](OCc2ccccc2)C[C@@H]2OC(=O)O[C@@H]21. The van der Waals surface area contributed by atoms with Crippen molar-refractivity contribution in [2.75, 3.05) is 0 Å². The average molecular weight is 264 g/mol. The molecule has 0 aromatic heterocycles. The van der Waals surface area contributed by atoms with E-state index in [9.17, 15) is 4.79 Å². The minimum Gasteiger partial charge on any atom is -0.427 e. The maximum Gasteiger partial charge on any atom is 0.509 e. The summed E-state index contributed by atoms with van der Waals surface area (Å²) in [6.07, 6.45) is -1.28. The second kappa shape index (κ2) is 5.19. The fraction of sp³-hybridized carbons (Fsp3) is 0.500. The average Bonchev–Trinajstić information content (AvgIpc) is 2.79. The number of carbonyl (C=O) groups is 1. The molecule has 0 bridgehead atoms. The van der Waals surface area contributed by atoms with Gasteiger partial charge in [0.1, 0.15) is 6.10 Å². The zero-order valence-corrected chi connectivity index (χ0v) is 10.7. The largest absolute Gasteiger partial charge is 0.509 e. The third-order valence-electron chi connectivity index (χ3n) is 3.38. The predicted octanol–water partition coefficient (Wildman–Crippen LogP) is 2.24. The lowest BCUT2D eigenvalue weighted by Crippen LogP contribution is -2.45. The van der Waals surface area contributed by atoms with Crippen LogP contribution in [0.2, 0.25) is 0 Å². The Morgan fingerprint density at radius 3 is 2.84 bits per heavy atom. The third-order valence-corrected chi connectivity index (χ3v) is 3.38. The Balaban J connectivity index is 1.57. The van der Waals surface area contributed by atoms with Crippen LogP contribution in [0.5, 0.6) is 0 Å². The summed E-state index contributed by atoms with van der Waals surface area (Å²) < 4.78 is 21.5. The van der Waals surface area contributed by atoms with Gasteiger partial charge in [0.2, 0.25) is 0 Å². The first-order valence-electron chi connectivity index (χ1n) is 6.40. The van der Waals surface area contributed by atoms with Crippen molar-refractivity contribution in [3.63, 3.8) is 0 Å². The Labute approximate surface area is 111 Å². The third kappa shape index (κ3) is 2.72. The number of rotatable bonds is 3. The van der Waals surface area contributed by atoms with E-state index in [0.717, 1.165) is 5.56 Å². The number of fused-ring (bicyclic) bond motifs is 1. The molecule has 0 amide bonds. The highest BCUT2D eigenvalue weighted by molar-refractivity contribution is 5.62. The molecule has 0 aliphatic carbocycles. The summed E-state index contributed by atoms with van der Waals surface area (Å²) in [7, 11) is 0. The van der Waals surface area contributed by atoms with Crippen LogP contribution in [0.3, 0.4) is 0 Å². The van der Waals surface area contributed by atoms with Crippen molar-refractivity contribution < 1.29 is 23.7 Å². The van der Waals surface area contributed by atoms with Crippen LogP contribution in [0.15, 0.2) is 30.3 Å². The van der Waals surface area contributed by atoms with Crippen LogP contribution in [0.1, 0.15) is 18.9 Å². The van der Waals surface area contributed by atoms with Crippen LogP contribution in [0.25, 0.3) is 0 Å². The Bertz CT molecular complexity index is 446. The highest BCUT2D eigenvalue weighted by Crippen LogP contribution is 2.30. The quantitative estimate of drug-likeness (QED) is 0.784. The molecule has 1 aromatic carbocycles. The molecule has 0 N–H and O–H groups in total. The van der Waals surface area contributed by atoms with Gasteiger partial charge in [-0.05, 0) is 12.5 Å². The fourth-order valence-electron chi connectivity index (χ4n) is 2.42. The Morgan fingerprint density at radius 1 is 1.26 bits per heavy atom. The van der Waals surface area contributed by atoms with Crippen LogP contribution >= 0.6 is 0 Å². The first-order valence-corrected chi connectivity index (χ1v) is 6.40. The van der Waals surface area contributed by atoms with Crippen molar-refractivity contribution in [1.29, 1.82) is 0 Å². The van der Waals surface area contributed by atoms with Crippen molar-refractivity contribution in [2.24, 2.45) is 0 Å². The lowest BCUT2D eigenvalue weighted by atomic mass is 10.0. The number of hydrogen-bond acceptors (Lipinski definition) is 5. The van der Waals surface area contributed by atoms with Crippen molar-refractivity contribution in [1.82, 2.24) is 0 Å². The molecule has 102 valence electrons. The van der Waals surface area contributed by atoms with Gasteiger partial charge in [0.05, 0.1) is 12.7 Å². The highest BCUT2D eigenvalue weighted by Gasteiger charge is 2.46. The van der Waals surface area contributed by atoms with E-state index in [1.807, 2.05) is 37.3 Å². The molecule has 2 saturated heterocycles. The lowest BCUT2D eigenvalue weighted by molar-refractivity contribution is -0.229. The van der Waals surface area contributed by atoms with Gasteiger partial charge in [0.15, 0.2) is 12.4 Å². The fourth-order valence-corrected chi connectivity index (χ4v) is 2.42. The molecule has 0 radical (unpaired) electrons. The number of ether oxygens (including phenoxy) is 4. The van der Waals surface area contributed by atoms with Crippen LogP contribution in [-0.4, -0.2) is 30.8 Å². The normalized spacial score (nSPS) is 33.4. The zero-order valence-electron chi connectivity index (χ0n) is 10.7. The molecule has 19 heavy (non-hydrogen) atoms. The molecule has 0 unspecified atom stereocenters.